The van der Waals surface area contributed by atoms with Crippen molar-refractivity contribution in [2.75, 3.05) is 0 Å². The van der Waals surface area contributed by atoms with E-state index in [2.05, 4.69) is 20.3 Å². The molecule has 0 aliphatic carbocycles. The van der Waals surface area contributed by atoms with E-state index in [-0.39, 0.29) is 5.56 Å². The number of fused-ring (bicyclic) bond motifs is 1. The Kier molecular flexibility index (Phi) is 5.59. The van der Waals surface area contributed by atoms with E-state index in [1.165, 1.54) is 16.5 Å². The van der Waals surface area contributed by atoms with Gasteiger partial charge < -0.3 is 4.55 Å². The minimum atomic E-state index is -1.43. The van der Waals surface area contributed by atoms with Crippen LogP contribution in [0.4, 0.5) is 4.39 Å². The molecule has 124 valence electrons. The van der Waals surface area contributed by atoms with E-state index < -0.39 is 21.9 Å². The quantitative estimate of drug-likeness (QED) is 0.346. The fourth-order valence-electron chi connectivity index (χ4n) is 1.88. The summed E-state index contributed by atoms with van der Waals surface area (Å²) in [5.74, 6) is -0.491. The van der Waals surface area contributed by atoms with Crippen molar-refractivity contribution in [1.29, 1.82) is 0 Å². The summed E-state index contributed by atoms with van der Waals surface area (Å²) in [6, 6.07) is 2.81. The molecule has 0 aliphatic rings. The van der Waals surface area contributed by atoms with Crippen molar-refractivity contribution in [2.45, 2.75) is 32.4 Å². The number of hydrogen-bond donors (Lipinski definition) is 0. The predicted molar refractivity (Wildman–Crippen MR) is 104 cm³/mol. The van der Waals surface area contributed by atoms with E-state index in [1.54, 1.807) is 6.92 Å². The SMILES string of the molecule is C/C(=N\[S+]([O-])C(C)(C)C)c1c(I)c(=O)n2cc(F)ccc2c1Br. The van der Waals surface area contributed by atoms with Crippen molar-refractivity contribution in [3.8, 4) is 0 Å². The molecule has 2 rings (SSSR count). The van der Waals surface area contributed by atoms with Gasteiger partial charge in [0.2, 0.25) is 0 Å². The first-order valence-corrected chi connectivity index (χ1v) is 9.68. The van der Waals surface area contributed by atoms with Crippen molar-refractivity contribution in [3.63, 3.8) is 0 Å². The molecule has 2 heterocycles. The van der Waals surface area contributed by atoms with Gasteiger partial charge in [0, 0.05) is 11.8 Å². The summed E-state index contributed by atoms with van der Waals surface area (Å²) >= 11 is 3.94. The molecule has 0 saturated carbocycles. The highest BCUT2D eigenvalue weighted by Crippen LogP contribution is 2.27. The van der Waals surface area contributed by atoms with Gasteiger partial charge in [-0.3, -0.25) is 9.20 Å². The Morgan fingerprint density at radius 1 is 1.43 bits per heavy atom. The van der Waals surface area contributed by atoms with Crippen LogP contribution < -0.4 is 5.56 Å². The van der Waals surface area contributed by atoms with Crippen LogP contribution in [0.15, 0.2) is 32.0 Å². The third-order valence-corrected chi connectivity index (χ3v) is 6.38. The third-order valence-electron chi connectivity index (χ3n) is 3.09. The van der Waals surface area contributed by atoms with Gasteiger partial charge in [0.25, 0.3) is 5.56 Å². The van der Waals surface area contributed by atoms with Gasteiger partial charge in [-0.2, -0.15) is 0 Å². The lowest BCUT2D eigenvalue weighted by Gasteiger charge is -2.19. The fraction of sp³-hybridized carbons (Fsp3) is 0.333. The van der Waals surface area contributed by atoms with Crippen molar-refractivity contribution in [2.24, 2.45) is 4.40 Å². The highest BCUT2D eigenvalue weighted by atomic mass is 127. The molecule has 2 aromatic heterocycles. The lowest BCUT2D eigenvalue weighted by Crippen LogP contribution is -2.27. The molecular formula is C15H15BrFIN2O2S. The van der Waals surface area contributed by atoms with Gasteiger partial charge in [0.05, 0.1) is 19.3 Å². The zero-order chi connectivity index (χ0) is 17.5. The molecule has 23 heavy (non-hydrogen) atoms. The second-order valence-electron chi connectivity index (χ2n) is 5.95. The monoisotopic (exact) mass is 512 g/mol. The molecule has 0 bridgehead atoms. The van der Waals surface area contributed by atoms with Crippen LogP contribution in [-0.2, 0) is 11.4 Å². The maximum Gasteiger partial charge on any atom is 0.269 e. The Bertz CT molecular complexity index is 861. The van der Waals surface area contributed by atoms with Crippen LogP contribution in [0.5, 0.6) is 0 Å². The third kappa shape index (κ3) is 3.80. The number of halogens is 3. The number of aromatic nitrogens is 1. The predicted octanol–water partition coefficient (Wildman–Crippen LogP) is 4.08. The van der Waals surface area contributed by atoms with Crippen LogP contribution in [-0.4, -0.2) is 19.4 Å². The molecule has 4 nitrogen and oxygen atoms in total. The van der Waals surface area contributed by atoms with E-state index in [0.717, 1.165) is 6.20 Å². The number of pyridine rings is 2. The minimum Gasteiger partial charge on any atom is -0.591 e. The summed E-state index contributed by atoms with van der Waals surface area (Å²) in [5.41, 5.74) is 1.27. The largest absolute Gasteiger partial charge is 0.591 e. The molecule has 0 amide bonds. The van der Waals surface area contributed by atoms with Crippen LogP contribution in [0, 0.1) is 9.39 Å². The Morgan fingerprint density at radius 3 is 2.61 bits per heavy atom. The second kappa shape index (κ2) is 6.81. The van der Waals surface area contributed by atoms with Gasteiger partial charge >= 0.3 is 0 Å². The fourth-order valence-corrected chi connectivity index (χ4v) is 4.60. The first-order chi connectivity index (χ1) is 10.5. The van der Waals surface area contributed by atoms with Gasteiger partial charge in [-0.25, -0.2) is 4.39 Å². The van der Waals surface area contributed by atoms with E-state index in [1.807, 2.05) is 43.4 Å². The first-order valence-electron chi connectivity index (χ1n) is 6.70. The van der Waals surface area contributed by atoms with Crippen molar-refractivity contribution in [3.05, 3.63) is 48.1 Å². The Balaban J connectivity index is 2.74. The topological polar surface area (TPSA) is 56.9 Å². The molecule has 8 heteroatoms. The summed E-state index contributed by atoms with van der Waals surface area (Å²) in [5, 5.41) is 0. The van der Waals surface area contributed by atoms with Crippen LogP contribution in [0.1, 0.15) is 33.3 Å². The molecule has 0 fully saturated rings. The highest BCUT2D eigenvalue weighted by Gasteiger charge is 2.28. The van der Waals surface area contributed by atoms with Gasteiger partial charge in [-0.15, -0.1) is 0 Å². The molecular weight excluding hydrogens is 498 g/mol. The van der Waals surface area contributed by atoms with Crippen molar-refractivity contribution in [1.82, 2.24) is 4.40 Å². The van der Waals surface area contributed by atoms with Crippen LogP contribution in [0.25, 0.3) is 5.52 Å². The molecule has 1 atom stereocenters. The number of nitrogens with zero attached hydrogens (tertiary/aromatic N) is 2. The standard InChI is InChI=1S/C15H15BrFIN2O2S/c1-8(19-23(22)15(2,3)4)11-12(16)10-6-5-9(17)7-20(10)14(21)13(11)18/h5-7H,1-4H3/b19-8+. The van der Waals surface area contributed by atoms with Crippen molar-refractivity contribution < 1.29 is 8.94 Å². The van der Waals surface area contributed by atoms with Crippen LogP contribution >= 0.6 is 38.5 Å². The minimum absolute atomic E-state index is 0.339. The zero-order valence-electron chi connectivity index (χ0n) is 13.0. The smallest absolute Gasteiger partial charge is 0.269 e. The van der Waals surface area contributed by atoms with Gasteiger partial charge in [-0.1, -0.05) is 4.40 Å². The molecule has 2 aromatic rings. The van der Waals surface area contributed by atoms with E-state index in [4.69, 9.17) is 0 Å². The summed E-state index contributed by atoms with van der Waals surface area (Å²) in [6.45, 7) is 7.21. The highest BCUT2D eigenvalue weighted by molar-refractivity contribution is 14.1. The Morgan fingerprint density at radius 2 is 2.04 bits per heavy atom. The molecule has 0 radical (unpaired) electrons. The van der Waals surface area contributed by atoms with Crippen LogP contribution in [0.3, 0.4) is 0 Å². The molecule has 0 N–H and O–H groups in total. The number of rotatable bonds is 2. The first kappa shape index (κ1) is 18.9. The summed E-state index contributed by atoms with van der Waals surface area (Å²) < 4.78 is 31.6. The maximum absolute atomic E-state index is 13.4. The Labute approximate surface area is 158 Å². The van der Waals surface area contributed by atoms with Gasteiger partial charge in [0.15, 0.2) is 0 Å². The lowest BCUT2D eigenvalue weighted by atomic mass is 10.1. The maximum atomic E-state index is 13.4. The normalized spacial score (nSPS) is 14.3. The molecule has 0 aromatic carbocycles. The summed E-state index contributed by atoms with van der Waals surface area (Å²) in [6.07, 6.45) is 1.15. The Hall–Kier alpha value is -0.450. The average molecular weight is 513 g/mol. The van der Waals surface area contributed by atoms with Crippen molar-refractivity contribution >= 4 is 61.1 Å². The van der Waals surface area contributed by atoms with Crippen LogP contribution in [0.2, 0.25) is 0 Å². The molecule has 0 saturated heterocycles. The lowest BCUT2D eigenvalue weighted by molar-refractivity contribution is 0.561. The summed E-state index contributed by atoms with van der Waals surface area (Å²) in [4.78, 5) is 12.5. The van der Waals surface area contributed by atoms with Gasteiger partial charge in [-0.05, 0) is 78.3 Å². The molecule has 1 unspecified atom stereocenters. The van der Waals surface area contributed by atoms with Gasteiger partial charge in [0.1, 0.15) is 21.9 Å². The summed E-state index contributed by atoms with van der Waals surface area (Å²) in [7, 11) is 0. The second-order valence-corrected chi connectivity index (χ2v) is 9.73. The van der Waals surface area contributed by atoms with E-state index in [9.17, 15) is 13.7 Å². The average Bonchev–Trinajstić information content (AvgIpc) is 2.43. The van der Waals surface area contributed by atoms with E-state index in [0.29, 0.717) is 24.8 Å². The molecule has 0 spiro atoms. The van der Waals surface area contributed by atoms with E-state index >= 15 is 0 Å². The number of hydrogen-bond acceptors (Lipinski definition) is 3. The zero-order valence-corrected chi connectivity index (χ0v) is 17.5. The molecule has 0 aliphatic heterocycles.